The van der Waals surface area contributed by atoms with Gasteiger partial charge in [-0.1, -0.05) is 35.6 Å². The molecule has 0 unspecified atom stereocenters. The summed E-state index contributed by atoms with van der Waals surface area (Å²) in [7, 11) is 0. The minimum atomic E-state index is -1.04. The summed E-state index contributed by atoms with van der Waals surface area (Å²) in [5, 5.41) is 20.3. The predicted octanol–water partition coefficient (Wildman–Crippen LogP) is 4.97. The molecule has 2 aromatic heterocycles. The number of carbonyl (C=O) groups excluding carboxylic acids is 1. The van der Waals surface area contributed by atoms with Crippen LogP contribution in [0.4, 0.5) is 5.69 Å². The van der Waals surface area contributed by atoms with Crippen LogP contribution in [0, 0.1) is 32.6 Å². The fourth-order valence-electron chi connectivity index (χ4n) is 5.80. The Bertz CT molecular complexity index is 1900. The van der Waals surface area contributed by atoms with Gasteiger partial charge in [0.15, 0.2) is 5.82 Å². The number of halogens is 2. The molecule has 1 saturated heterocycles. The number of hydrogen-bond donors (Lipinski definition) is 2. The lowest BCUT2D eigenvalue weighted by atomic mass is 9.99. The number of rotatable bonds is 5. The molecule has 13 heteroatoms. The van der Waals surface area contributed by atoms with Gasteiger partial charge in [-0.25, -0.2) is 4.79 Å². The molecule has 0 saturated carbocycles. The van der Waals surface area contributed by atoms with Crippen LogP contribution in [-0.2, 0) is 4.79 Å². The number of hydrogen-bond acceptors (Lipinski definition) is 8. The first-order chi connectivity index (χ1) is 21.7. The second-order valence-corrected chi connectivity index (χ2v) is 12.7. The van der Waals surface area contributed by atoms with Crippen LogP contribution >= 0.6 is 35.3 Å². The monoisotopic (exact) mass is 677 g/mol. The van der Waals surface area contributed by atoms with E-state index >= 15 is 0 Å². The highest BCUT2D eigenvalue weighted by Gasteiger charge is 2.34. The Labute approximate surface area is 282 Å². The van der Waals surface area contributed by atoms with Crippen molar-refractivity contribution >= 4 is 58.6 Å². The molecule has 0 bridgehead atoms. The van der Waals surface area contributed by atoms with E-state index in [2.05, 4.69) is 40.8 Å². The summed E-state index contributed by atoms with van der Waals surface area (Å²) in [4.78, 5) is 36.0. The van der Waals surface area contributed by atoms with E-state index in [1.807, 2.05) is 46.7 Å². The molecule has 2 aliphatic rings. The van der Waals surface area contributed by atoms with E-state index in [1.165, 1.54) is 4.88 Å². The zero-order valence-electron chi connectivity index (χ0n) is 25.6. The normalized spacial score (nSPS) is 15.5. The van der Waals surface area contributed by atoms with Crippen molar-refractivity contribution in [3.63, 3.8) is 0 Å². The number of aromatic nitrogens is 3. The molecule has 3 N–H and O–H groups in total. The number of aromatic carboxylic acids is 1. The van der Waals surface area contributed by atoms with Gasteiger partial charge in [0, 0.05) is 58.5 Å². The maximum absolute atomic E-state index is 13.8. The number of carboxylic acid groups (broad SMARTS) is 1. The number of nitrogens with two attached hydrogens (primary N) is 1. The molecule has 4 aromatic rings. The molecular formula is C33H33Cl2N7O3S. The van der Waals surface area contributed by atoms with Crippen molar-refractivity contribution in [2.45, 2.75) is 33.2 Å². The highest BCUT2D eigenvalue weighted by molar-refractivity contribution is 7.15. The SMILES string of the molecule is Cc1sc2c(c1C)C(c1ccc(Cl)cc1)=N[C@@H](CC(=O)N1CCN(c3ccc(C#CCN)c(C(=O)O)c3)CC1)c1nnc(C)n1-2.Cl. The largest absolute Gasteiger partial charge is 0.478 e. The molecule has 0 aliphatic carbocycles. The van der Waals surface area contributed by atoms with Gasteiger partial charge in [-0.05, 0) is 56.7 Å². The first kappa shape index (κ1) is 33.2. The molecule has 0 spiro atoms. The third-order valence-corrected chi connectivity index (χ3v) is 9.73. The number of amides is 1. The Hall–Kier alpha value is -4.21. The molecule has 46 heavy (non-hydrogen) atoms. The number of benzene rings is 2. The predicted molar refractivity (Wildman–Crippen MR) is 183 cm³/mol. The van der Waals surface area contributed by atoms with Gasteiger partial charge >= 0.3 is 5.97 Å². The second kappa shape index (κ2) is 13.6. The van der Waals surface area contributed by atoms with Crippen molar-refractivity contribution in [3.05, 3.63) is 91.8 Å². The summed E-state index contributed by atoms with van der Waals surface area (Å²) in [6.07, 6.45) is 0.139. The third kappa shape index (κ3) is 6.26. The first-order valence-corrected chi connectivity index (χ1v) is 15.8. The average molecular weight is 679 g/mol. The first-order valence-electron chi connectivity index (χ1n) is 14.6. The van der Waals surface area contributed by atoms with Crippen molar-refractivity contribution in [1.29, 1.82) is 0 Å². The number of nitrogens with zero attached hydrogens (tertiary/aromatic N) is 6. The van der Waals surface area contributed by atoms with Gasteiger partial charge in [-0.3, -0.25) is 14.4 Å². The summed E-state index contributed by atoms with van der Waals surface area (Å²) in [6, 6.07) is 12.3. The van der Waals surface area contributed by atoms with Gasteiger partial charge in [-0.15, -0.1) is 33.9 Å². The summed E-state index contributed by atoms with van der Waals surface area (Å²) < 4.78 is 2.05. The number of aryl methyl sites for hydroxylation is 2. The van der Waals surface area contributed by atoms with Gasteiger partial charge in [0.2, 0.25) is 5.91 Å². The standard InChI is InChI=1S/C33H32ClN7O3S.ClH/c1-19-20(2)45-32-29(19)30(23-6-9-24(34)10-7-23)36-27(31-38-37-21(3)41(31)32)18-28(42)40-15-13-39(14-16-40)25-11-8-22(5-4-12-35)26(17-25)33(43)44;/h6-11,17,27H,12-16,18,35H2,1-3H3,(H,43,44);1H/t27-;/m0./s1. The number of carboxylic acids is 1. The van der Waals surface area contributed by atoms with Gasteiger partial charge in [0.25, 0.3) is 0 Å². The number of aliphatic imine (C=N–C) groups is 1. The molecule has 4 heterocycles. The molecule has 0 radical (unpaired) electrons. The molecular weight excluding hydrogens is 645 g/mol. The molecule has 1 fully saturated rings. The number of thiophene rings is 1. The minimum Gasteiger partial charge on any atom is -0.478 e. The number of anilines is 1. The van der Waals surface area contributed by atoms with E-state index in [0.717, 1.165) is 38.9 Å². The lowest BCUT2D eigenvalue weighted by Crippen LogP contribution is -2.49. The molecule has 1 amide bonds. The van der Waals surface area contributed by atoms with Crippen molar-refractivity contribution in [3.8, 4) is 16.8 Å². The van der Waals surface area contributed by atoms with Crippen molar-refractivity contribution < 1.29 is 14.7 Å². The Morgan fingerprint density at radius 1 is 1.07 bits per heavy atom. The second-order valence-electron chi connectivity index (χ2n) is 11.0. The third-order valence-electron chi connectivity index (χ3n) is 8.28. The lowest BCUT2D eigenvalue weighted by molar-refractivity contribution is -0.131. The summed E-state index contributed by atoms with van der Waals surface area (Å²) in [6.45, 7) is 8.38. The van der Waals surface area contributed by atoms with E-state index < -0.39 is 12.0 Å². The average Bonchev–Trinajstić information content (AvgIpc) is 3.52. The number of fused-ring (bicyclic) bond motifs is 3. The Kier molecular flexibility index (Phi) is 9.84. The van der Waals surface area contributed by atoms with E-state index in [0.29, 0.717) is 42.6 Å². The Balaban J connectivity index is 0.00000417. The topological polar surface area (TPSA) is 130 Å². The van der Waals surface area contributed by atoms with Gasteiger partial charge in [0.1, 0.15) is 16.9 Å². The van der Waals surface area contributed by atoms with Crippen molar-refractivity contribution in [1.82, 2.24) is 19.7 Å². The molecule has 1 atom stereocenters. The van der Waals surface area contributed by atoms with Gasteiger partial charge in [-0.2, -0.15) is 0 Å². The fraction of sp³-hybridized carbons (Fsp3) is 0.303. The van der Waals surface area contributed by atoms with Crippen LogP contribution in [0.1, 0.15) is 61.6 Å². The smallest absolute Gasteiger partial charge is 0.337 e. The molecule has 2 aliphatic heterocycles. The molecule has 2 aromatic carbocycles. The van der Waals surface area contributed by atoms with Gasteiger partial charge in [0.05, 0.1) is 24.2 Å². The maximum Gasteiger partial charge on any atom is 0.337 e. The van der Waals surface area contributed by atoms with Crippen LogP contribution < -0.4 is 10.6 Å². The Morgan fingerprint density at radius 3 is 2.46 bits per heavy atom. The fourth-order valence-corrected chi connectivity index (χ4v) is 7.14. The molecule has 10 nitrogen and oxygen atoms in total. The summed E-state index contributed by atoms with van der Waals surface area (Å²) in [5.41, 5.74) is 10.7. The minimum absolute atomic E-state index is 0. The van der Waals surface area contributed by atoms with E-state index in [4.69, 9.17) is 22.3 Å². The molecule has 238 valence electrons. The Morgan fingerprint density at radius 2 is 1.78 bits per heavy atom. The number of carbonyl (C=O) groups is 2. The van der Waals surface area contributed by atoms with Gasteiger partial charge < -0.3 is 20.6 Å². The van der Waals surface area contributed by atoms with Crippen molar-refractivity contribution in [2.24, 2.45) is 10.7 Å². The summed E-state index contributed by atoms with van der Waals surface area (Å²) >= 11 is 7.90. The zero-order valence-corrected chi connectivity index (χ0v) is 28.0. The van der Waals surface area contributed by atoms with E-state index in [1.54, 1.807) is 23.5 Å². The van der Waals surface area contributed by atoms with Crippen molar-refractivity contribution in [2.75, 3.05) is 37.6 Å². The quantitative estimate of drug-likeness (QED) is 0.285. The van der Waals surface area contributed by atoms with Crippen LogP contribution in [0.15, 0.2) is 47.5 Å². The van der Waals surface area contributed by atoms with E-state index in [-0.39, 0.29) is 36.8 Å². The number of piperazine rings is 1. The van der Waals surface area contributed by atoms with Crippen LogP contribution in [-0.4, -0.2) is 75.1 Å². The van der Waals surface area contributed by atoms with Crippen LogP contribution in [0.3, 0.4) is 0 Å². The van der Waals surface area contributed by atoms with Crippen LogP contribution in [0.25, 0.3) is 5.00 Å². The molecule has 6 rings (SSSR count). The van der Waals surface area contributed by atoms with Crippen LogP contribution in [0.5, 0.6) is 0 Å². The highest BCUT2D eigenvalue weighted by atomic mass is 35.5. The van der Waals surface area contributed by atoms with E-state index in [9.17, 15) is 14.7 Å². The zero-order chi connectivity index (χ0) is 31.8. The lowest BCUT2D eigenvalue weighted by Gasteiger charge is -2.36. The summed E-state index contributed by atoms with van der Waals surface area (Å²) in [5.74, 6) is 5.86. The van der Waals surface area contributed by atoms with Crippen LogP contribution in [0.2, 0.25) is 5.02 Å². The maximum atomic E-state index is 13.8. The highest BCUT2D eigenvalue weighted by Crippen LogP contribution is 2.40.